The first-order chi connectivity index (χ1) is 12.1. The third-order valence-electron chi connectivity index (χ3n) is 4.49. The summed E-state index contributed by atoms with van der Waals surface area (Å²) in [6.45, 7) is 4.69. The molecule has 2 aromatic rings. The Morgan fingerprint density at radius 1 is 1.08 bits per heavy atom. The lowest BCUT2D eigenvalue weighted by Gasteiger charge is -2.33. The van der Waals surface area contributed by atoms with E-state index < -0.39 is 0 Å². The fraction of sp³-hybridized carbons (Fsp3) is 0.316. The third kappa shape index (κ3) is 5.11. The van der Waals surface area contributed by atoms with Crippen molar-refractivity contribution in [2.24, 2.45) is 0 Å². The first-order valence-corrected chi connectivity index (χ1v) is 9.21. The molecule has 1 saturated heterocycles. The topological polar surface area (TPSA) is 36.8 Å². The summed E-state index contributed by atoms with van der Waals surface area (Å²) in [6, 6.07) is 15.5. The maximum absolute atomic E-state index is 12.2. The molecule has 0 unspecified atom stereocenters. The molecule has 1 heterocycles. The van der Waals surface area contributed by atoms with Crippen LogP contribution in [0, 0.1) is 0 Å². The van der Waals surface area contributed by atoms with E-state index in [-0.39, 0.29) is 5.91 Å². The molecule has 1 amide bonds. The van der Waals surface area contributed by atoms with E-state index in [1.54, 1.807) is 0 Å². The number of hydrogen-bond acceptors (Lipinski definition) is 2. The van der Waals surface area contributed by atoms with Gasteiger partial charge in [0, 0.05) is 22.3 Å². The quantitative estimate of drug-likeness (QED) is 0.834. The minimum atomic E-state index is 0.0612. The highest BCUT2D eigenvalue weighted by Crippen LogP contribution is 2.19. The summed E-state index contributed by atoms with van der Waals surface area (Å²) >= 11 is 12.2. The Hall–Kier alpha value is -1.75. The number of piperazine rings is 1. The Morgan fingerprint density at radius 3 is 2.56 bits per heavy atom. The van der Waals surface area contributed by atoms with Crippen molar-refractivity contribution >= 4 is 34.8 Å². The van der Waals surface area contributed by atoms with Crippen LogP contribution < -0.4 is 15.1 Å². The molecule has 2 aromatic carbocycles. The van der Waals surface area contributed by atoms with Crippen LogP contribution in [-0.4, -0.2) is 38.6 Å². The van der Waals surface area contributed by atoms with E-state index in [0.29, 0.717) is 18.1 Å². The van der Waals surface area contributed by atoms with E-state index >= 15 is 0 Å². The van der Waals surface area contributed by atoms with E-state index in [2.05, 4.69) is 16.3 Å². The monoisotopic (exact) mass is 378 g/mol. The second kappa shape index (κ2) is 8.56. The Bertz CT molecular complexity index is 730. The lowest BCUT2D eigenvalue weighted by Crippen LogP contribution is -3.15. The average molecular weight is 379 g/mol. The van der Waals surface area contributed by atoms with Crippen molar-refractivity contribution in [2.75, 3.05) is 37.6 Å². The van der Waals surface area contributed by atoms with Gasteiger partial charge in [-0.3, -0.25) is 4.79 Å². The van der Waals surface area contributed by atoms with E-state index in [1.165, 1.54) is 4.90 Å². The van der Waals surface area contributed by atoms with Crippen molar-refractivity contribution < 1.29 is 9.69 Å². The average Bonchev–Trinajstić information content (AvgIpc) is 2.62. The van der Waals surface area contributed by atoms with Crippen LogP contribution in [0.4, 0.5) is 5.69 Å². The summed E-state index contributed by atoms with van der Waals surface area (Å²) in [7, 11) is 0. The van der Waals surface area contributed by atoms with Crippen molar-refractivity contribution in [3.8, 4) is 0 Å². The van der Waals surface area contributed by atoms with Gasteiger partial charge < -0.3 is 15.1 Å². The van der Waals surface area contributed by atoms with Crippen molar-refractivity contribution in [3.05, 3.63) is 64.1 Å². The van der Waals surface area contributed by atoms with Crippen LogP contribution in [0.5, 0.6) is 0 Å². The summed E-state index contributed by atoms with van der Waals surface area (Å²) in [6.07, 6.45) is 0. The highest BCUT2D eigenvalue weighted by atomic mass is 35.5. The van der Waals surface area contributed by atoms with Gasteiger partial charge in [0.15, 0.2) is 6.54 Å². The molecule has 132 valence electrons. The predicted octanol–water partition coefficient (Wildman–Crippen LogP) is 2.01. The zero-order valence-corrected chi connectivity index (χ0v) is 15.5. The first-order valence-electron chi connectivity index (χ1n) is 8.46. The summed E-state index contributed by atoms with van der Waals surface area (Å²) in [5.74, 6) is 0.0612. The highest BCUT2D eigenvalue weighted by Gasteiger charge is 2.22. The van der Waals surface area contributed by atoms with E-state index in [1.807, 2.05) is 42.5 Å². The number of rotatable bonds is 5. The summed E-state index contributed by atoms with van der Waals surface area (Å²) in [5.41, 5.74) is 2.09. The smallest absolute Gasteiger partial charge is 0.275 e. The van der Waals surface area contributed by atoms with Gasteiger partial charge in [-0.15, -0.1) is 0 Å². The van der Waals surface area contributed by atoms with Gasteiger partial charge in [-0.25, -0.2) is 0 Å². The largest absolute Gasteiger partial charge is 0.360 e. The van der Waals surface area contributed by atoms with Gasteiger partial charge in [-0.2, -0.15) is 0 Å². The Labute approximate surface area is 158 Å². The molecule has 0 aliphatic carbocycles. The van der Waals surface area contributed by atoms with Crippen molar-refractivity contribution in [2.45, 2.75) is 6.54 Å². The van der Waals surface area contributed by atoms with Gasteiger partial charge >= 0.3 is 0 Å². The second-order valence-corrected chi connectivity index (χ2v) is 7.11. The second-order valence-electron chi connectivity index (χ2n) is 6.26. The molecular formula is C19H22Cl2N3O+. The molecule has 0 bridgehead atoms. The zero-order valence-electron chi connectivity index (χ0n) is 14.0. The van der Waals surface area contributed by atoms with Crippen LogP contribution in [0.2, 0.25) is 10.0 Å². The third-order valence-corrected chi connectivity index (χ3v) is 5.09. The minimum Gasteiger partial charge on any atom is -0.360 e. The summed E-state index contributed by atoms with van der Waals surface area (Å²) in [5, 5.41) is 4.40. The molecule has 0 aromatic heterocycles. The molecule has 0 atom stereocenters. The summed E-state index contributed by atoms with van der Waals surface area (Å²) in [4.78, 5) is 15.8. The molecule has 0 radical (unpaired) electrons. The van der Waals surface area contributed by atoms with Crippen LogP contribution in [0.25, 0.3) is 0 Å². The number of hydrogen-bond donors (Lipinski definition) is 2. The van der Waals surface area contributed by atoms with Gasteiger partial charge in [-0.1, -0.05) is 47.5 Å². The zero-order chi connectivity index (χ0) is 17.6. The summed E-state index contributed by atoms with van der Waals surface area (Å²) < 4.78 is 0. The lowest BCUT2D eigenvalue weighted by molar-refractivity contribution is -0.892. The van der Waals surface area contributed by atoms with Crippen LogP contribution in [0.15, 0.2) is 48.5 Å². The Kier molecular flexibility index (Phi) is 6.19. The molecule has 3 rings (SSSR count). The van der Waals surface area contributed by atoms with Gasteiger partial charge in [0.2, 0.25) is 0 Å². The van der Waals surface area contributed by atoms with Crippen molar-refractivity contribution in [1.82, 2.24) is 5.32 Å². The van der Waals surface area contributed by atoms with Crippen LogP contribution in [0.3, 0.4) is 0 Å². The molecule has 4 nitrogen and oxygen atoms in total. The minimum absolute atomic E-state index is 0.0612. The van der Waals surface area contributed by atoms with Gasteiger partial charge in [0.1, 0.15) is 0 Å². The van der Waals surface area contributed by atoms with Crippen LogP contribution in [-0.2, 0) is 11.3 Å². The molecule has 1 aliphatic rings. The molecule has 6 heteroatoms. The number of benzene rings is 2. The van der Waals surface area contributed by atoms with Gasteiger partial charge in [-0.05, 0) is 29.8 Å². The highest BCUT2D eigenvalue weighted by molar-refractivity contribution is 6.31. The number of carbonyl (C=O) groups excluding carboxylic acids is 1. The Morgan fingerprint density at radius 2 is 1.84 bits per heavy atom. The molecular weight excluding hydrogens is 357 g/mol. The maximum atomic E-state index is 12.2. The number of quaternary nitrogens is 1. The molecule has 0 spiro atoms. The predicted molar refractivity (Wildman–Crippen MR) is 103 cm³/mol. The fourth-order valence-corrected chi connectivity index (χ4v) is 3.44. The van der Waals surface area contributed by atoms with Crippen molar-refractivity contribution in [3.63, 3.8) is 0 Å². The number of anilines is 1. The number of nitrogens with zero attached hydrogens (tertiary/aromatic N) is 1. The van der Waals surface area contributed by atoms with Crippen LogP contribution >= 0.6 is 23.2 Å². The van der Waals surface area contributed by atoms with E-state index in [0.717, 1.165) is 42.5 Å². The SMILES string of the molecule is O=C(C[NH+]1CCN(c2cccc(Cl)c2)CC1)NCc1ccccc1Cl. The Balaban J connectivity index is 1.44. The lowest BCUT2D eigenvalue weighted by atomic mass is 10.2. The van der Waals surface area contributed by atoms with E-state index in [9.17, 15) is 4.79 Å². The molecule has 0 saturated carbocycles. The molecule has 25 heavy (non-hydrogen) atoms. The number of halogens is 2. The number of nitrogens with one attached hydrogen (secondary N) is 2. The first kappa shape index (κ1) is 18.1. The van der Waals surface area contributed by atoms with Gasteiger partial charge in [0.25, 0.3) is 5.91 Å². The molecule has 1 fully saturated rings. The number of amides is 1. The molecule has 2 N–H and O–H groups in total. The standard InChI is InChI=1S/C19H21Cl2N3O/c20-16-5-3-6-17(12-16)24-10-8-23(9-11-24)14-19(25)22-13-15-4-1-2-7-18(15)21/h1-7,12H,8-11,13-14H2,(H,22,25)/p+1. The normalized spacial score (nSPS) is 15.2. The number of carbonyl (C=O) groups is 1. The molecule has 1 aliphatic heterocycles. The van der Waals surface area contributed by atoms with Gasteiger partial charge in [0.05, 0.1) is 26.2 Å². The fourth-order valence-electron chi connectivity index (χ4n) is 3.06. The van der Waals surface area contributed by atoms with E-state index in [4.69, 9.17) is 23.2 Å². The van der Waals surface area contributed by atoms with Crippen LogP contribution in [0.1, 0.15) is 5.56 Å². The maximum Gasteiger partial charge on any atom is 0.275 e. The van der Waals surface area contributed by atoms with Crippen molar-refractivity contribution in [1.29, 1.82) is 0 Å².